The van der Waals surface area contributed by atoms with Gasteiger partial charge >= 0.3 is 0 Å². The molecular formula is C34H37F2NO8. The van der Waals surface area contributed by atoms with Gasteiger partial charge in [0.15, 0.2) is 0 Å². The molecule has 2 saturated heterocycles. The quantitative estimate of drug-likeness (QED) is 0.153. The van der Waals surface area contributed by atoms with Crippen LogP contribution in [0.1, 0.15) is 41.7 Å². The SMILES string of the molecule is O=C1[C@H](CC[C@H](O)c2ccc(F)cc2)[C@@H](c2ccc(C=CCOC[C@@H]3O[C@H](CO)[C@@H](O)[C@H](O)[C@H]3O)cc2)N1c1ccc(F)cc1. The second-order valence-corrected chi connectivity index (χ2v) is 11.4. The van der Waals surface area contributed by atoms with Gasteiger partial charge in [-0.15, -0.1) is 0 Å². The fraction of sp³-hybridized carbons (Fsp3) is 0.382. The first-order valence-electron chi connectivity index (χ1n) is 14.8. The lowest BCUT2D eigenvalue weighted by atomic mass is 9.78. The third kappa shape index (κ3) is 7.47. The van der Waals surface area contributed by atoms with E-state index >= 15 is 0 Å². The van der Waals surface area contributed by atoms with Crippen molar-refractivity contribution < 1.29 is 48.6 Å². The number of halogens is 2. The molecule has 1 amide bonds. The van der Waals surface area contributed by atoms with Gasteiger partial charge < -0.3 is 39.9 Å². The Morgan fingerprint density at radius 2 is 1.49 bits per heavy atom. The number of anilines is 1. The number of nitrogens with zero attached hydrogens (tertiary/aromatic N) is 1. The Kier molecular flexibility index (Phi) is 10.7. The van der Waals surface area contributed by atoms with Gasteiger partial charge in [0.2, 0.25) is 5.91 Å². The van der Waals surface area contributed by atoms with Crippen LogP contribution in [0, 0.1) is 17.6 Å². The minimum atomic E-state index is -1.46. The summed E-state index contributed by atoms with van der Waals surface area (Å²) in [7, 11) is 0. The minimum absolute atomic E-state index is 0.0586. The maximum atomic E-state index is 13.6. The number of rotatable bonds is 12. The molecule has 0 unspecified atom stereocenters. The van der Waals surface area contributed by atoms with Crippen LogP contribution in [0.25, 0.3) is 6.08 Å². The Hall–Kier alpha value is -3.55. The number of hydrogen-bond acceptors (Lipinski definition) is 8. The molecule has 0 spiro atoms. The molecule has 0 aliphatic carbocycles. The van der Waals surface area contributed by atoms with Gasteiger partial charge in [-0.25, -0.2) is 8.78 Å². The first-order valence-corrected chi connectivity index (χ1v) is 14.8. The fourth-order valence-corrected chi connectivity index (χ4v) is 5.85. The van der Waals surface area contributed by atoms with Gasteiger partial charge in [-0.1, -0.05) is 48.6 Å². The second-order valence-electron chi connectivity index (χ2n) is 11.4. The van der Waals surface area contributed by atoms with Crippen LogP contribution in [0.5, 0.6) is 0 Å². The van der Waals surface area contributed by atoms with Crippen LogP contribution in [0.2, 0.25) is 0 Å². The average molecular weight is 626 g/mol. The molecule has 8 atom stereocenters. The van der Waals surface area contributed by atoms with Crippen molar-refractivity contribution in [3.05, 3.63) is 107 Å². The van der Waals surface area contributed by atoms with Crippen molar-refractivity contribution in [2.75, 3.05) is 24.7 Å². The summed E-state index contributed by atoms with van der Waals surface area (Å²) >= 11 is 0. The van der Waals surface area contributed by atoms with Gasteiger partial charge in [-0.2, -0.15) is 0 Å². The van der Waals surface area contributed by atoms with Crippen molar-refractivity contribution in [3.63, 3.8) is 0 Å². The summed E-state index contributed by atoms with van der Waals surface area (Å²) in [5.41, 5.74) is 2.87. The first kappa shape index (κ1) is 32.8. The monoisotopic (exact) mass is 625 g/mol. The molecule has 5 N–H and O–H groups in total. The lowest BCUT2D eigenvalue weighted by Crippen LogP contribution is -2.59. The van der Waals surface area contributed by atoms with Crippen LogP contribution in [0.3, 0.4) is 0 Å². The molecule has 3 aromatic rings. The smallest absolute Gasteiger partial charge is 0.233 e. The highest BCUT2D eigenvalue weighted by atomic mass is 19.1. The number of hydrogen-bond donors (Lipinski definition) is 5. The third-order valence-corrected chi connectivity index (χ3v) is 8.40. The van der Waals surface area contributed by atoms with Crippen molar-refractivity contribution >= 4 is 17.7 Å². The average Bonchev–Trinajstić information content (AvgIpc) is 3.04. The van der Waals surface area contributed by atoms with Crippen molar-refractivity contribution in [1.82, 2.24) is 0 Å². The summed E-state index contributed by atoms with van der Waals surface area (Å²) < 4.78 is 37.9. The first-order chi connectivity index (χ1) is 21.7. The summed E-state index contributed by atoms with van der Waals surface area (Å²) in [6.07, 6.45) is -2.70. The van der Waals surface area contributed by atoms with Gasteiger partial charge in [-0.05, 0) is 65.9 Å². The molecule has 2 aliphatic heterocycles. The summed E-state index contributed by atoms with van der Waals surface area (Å²) in [6.45, 7) is -0.395. The highest BCUT2D eigenvalue weighted by Gasteiger charge is 2.48. The number of β-lactam (4-membered cyclic amide) rings is 1. The minimum Gasteiger partial charge on any atom is -0.394 e. The topological polar surface area (TPSA) is 140 Å². The standard InChI is InChI=1S/C34H37F2NO8/c35-23-9-7-21(8-10-23)27(39)16-15-26-30(37(34(26)43)25-13-11-24(36)12-14-25)22-5-3-20(4-6-22)2-1-17-44-19-29-32(41)33(42)31(40)28(18-38)45-29/h1-14,26-33,38-42H,15-19H2/t26-,27+,28-,29+,30-,31-,32+,33+/m1/s1. The fourth-order valence-electron chi connectivity index (χ4n) is 5.85. The largest absolute Gasteiger partial charge is 0.394 e. The molecule has 0 bridgehead atoms. The molecule has 5 rings (SSSR count). The van der Waals surface area contributed by atoms with E-state index in [0.717, 1.165) is 11.1 Å². The van der Waals surface area contributed by atoms with Gasteiger partial charge in [0, 0.05) is 5.69 Å². The zero-order valence-corrected chi connectivity index (χ0v) is 24.4. The van der Waals surface area contributed by atoms with Gasteiger partial charge in [0.25, 0.3) is 0 Å². The predicted octanol–water partition coefficient (Wildman–Crippen LogP) is 3.05. The Bertz CT molecular complexity index is 1430. The summed E-state index contributed by atoms with van der Waals surface area (Å²) in [5.74, 6) is -1.34. The molecular weight excluding hydrogens is 588 g/mol. The van der Waals surface area contributed by atoms with Crippen molar-refractivity contribution in [2.45, 2.75) is 55.5 Å². The lowest BCUT2D eigenvalue weighted by Gasteiger charge is -2.48. The molecule has 0 saturated carbocycles. The molecule has 45 heavy (non-hydrogen) atoms. The van der Waals surface area contributed by atoms with Crippen LogP contribution in [0.4, 0.5) is 14.5 Å². The van der Waals surface area contributed by atoms with Gasteiger partial charge in [0.1, 0.15) is 42.2 Å². The van der Waals surface area contributed by atoms with Crippen LogP contribution < -0.4 is 4.90 Å². The molecule has 240 valence electrons. The Balaban J connectivity index is 1.21. The van der Waals surface area contributed by atoms with E-state index in [1.165, 1.54) is 36.4 Å². The van der Waals surface area contributed by atoms with Crippen LogP contribution in [-0.2, 0) is 14.3 Å². The number of ether oxygens (including phenoxy) is 2. The Morgan fingerprint density at radius 3 is 2.13 bits per heavy atom. The van der Waals surface area contributed by atoms with Crippen LogP contribution >= 0.6 is 0 Å². The number of aliphatic hydroxyl groups is 5. The number of aliphatic hydroxyl groups excluding tert-OH is 5. The van der Waals surface area contributed by atoms with E-state index < -0.39 is 60.8 Å². The maximum absolute atomic E-state index is 13.6. The van der Waals surface area contributed by atoms with E-state index in [9.17, 15) is 39.1 Å². The van der Waals surface area contributed by atoms with E-state index in [4.69, 9.17) is 9.47 Å². The Morgan fingerprint density at radius 1 is 0.867 bits per heavy atom. The van der Waals surface area contributed by atoms with Crippen LogP contribution in [-0.4, -0.2) is 81.8 Å². The van der Waals surface area contributed by atoms with Gasteiger partial charge in [-0.3, -0.25) is 4.79 Å². The molecule has 0 aromatic heterocycles. The molecule has 0 radical (unpaired) electrons. The number of carbonyl (C=O) groups excluding carboxylic acids is 1. The zero-order valence-electron chi connectivity index (χ0n) is 24.4. The van der Waals surface area contributed by atoms with E-state index in [1.54, 1.807) is 23.1 Å². The number of benzene rings is 3. The summed E-state index contributed by atoms with van der Waals surface area (Å²) in [5, 5.41) is 49.9. The predicted molar refractivity (Wildman–Crippen MR) is 161 cm³/mol. The van der Waals surface area contributed by atoms with E-state index in [2.05, 4.69) is 0 Å². The molecule has 2 heterocycles. The third-order valence-electron chi connectivity index (χ3n) is 8.40. The molecule has 2 fully saturated rings. The van der Waals surface area contributed by atoms with Gasteiger partial charge in [0.05, 0.1) is 37.9 Å². The summed E-state index contributed by atoms with van der Waals surface area (Å²) in [4.78, 5) is 14.9. The highest BCUT2D eigenvalue weighted by molar-refractivity contribution is 6.03. The van der Waals surface area contributed by atoms with Crippen molar-refractivity contribution in [3.8, 4) is 0 Å². The molecule has 9 nitrogen and oxygen atoms in total. The van der Waals surface area contributed by atoms with E-state index in [-0.39, 0.29) is 25.2 Å². The molecule has 11 heteroatoms. The maximum Gasteiger partial charge on any atom is 0.233 e. The van der Waals surface area contributed by atoms with Crippen molar-refractivity contribution in [1.29, 1.82) is 0 Å². The number of carbonyl (C=O) groups is 1. The highest BCUT2D eigenvalue weighted by Crippen LogP contribution is 2.46. The molecule has 2 aliphatic rings. The van der Waals surface area contributed by atoms with Crippen LogP contribution in [0.15, 0.2) is 78.9 Å². The lowest BCUT2D eigenvalue weighted by molar-refractivity contribution is -0.238. The van der Waals surface area contributed by atoms with Crippen molar-refractivity contribution in [2.24, 2.45) is 5.92 Å². The number of amides is 1. The van der Waals surface area contributed by atoms with E-state index in [1.807, 2.05) is 30.3 Å². The second kappa shape index (κ2) is 14.7. The summed E-state index contributed by atoms with van der Waals surface area (Å²) in [6, 6.07) is 18.6. The zero-order chi connectivity index (χ0) is 32.1. The van der Waals surface area contributed by atoms with E-state index in [0.29, 0.717) is 24.1 Å². The Labute approximate surface area is 259 Å². The normalized spacial score (nSPS) is 27.5. The molecule has 3 aromatic carbocycles.